The Kier molecular flexibility index (Phi) is 4.74. The second-order valence-corrected chi connectivity index (χ2v) is 6.51. The highest BCUT2D eigenvalue weighted by molar-refractivity contribution is 5.16. The predicted molar refractivity (Wildman–Crippen MR) is 85.0 cm³/mol. The minimum Gasteiger partial charge on any atom is -0.311 e. The van der Waals surface area contributed by atoms with E-state index >= 15 is 0 Å². The molecule has 0 amide bonds. The van der Waals surface area contributed by atoms with Gasteiger partial charge >= 0.3 is 0 Å². The van der Waals surface area contributed by atoms with E-state index in [0.29, 0.717) is 6.04 Å². The second kappa shape index (κ2) is 6.73. The van der Waals surface area contributed by atoms with Crippen LogP contribution in [0, 0.1) is 0 Å². The SMILES string of the molecule is CCC(Cc1ccccc1)NC1CCN2CCCC2C1. The molecule has 1 aromatic carbocycles. The summed E-state index contributed by atoms with van der Waals surface area (Å²) in [5.74, 6) is 0. The Morgan fingerprint density at radius 1 is 1.20 bits per heavy atom. The van der Waals surface area contributed by atoms with E-state index in [0.717, 1.165) is 12.1 Å². The summed E-state index contributed by atoms with van der Waals surface area (Å²) in [5.41, 5.74) is 1.46. The lowest BCUT2D eigenvalue weighted by Crippen LogP contribution is -2.49. The van der Waals surface area contributed by atoms with Gasteiger partial charge in [0.25, 0.3) is 0 Å². The third kappa shape index (κ3) is 3.42. The number of fused-ring (bicyclic) bond motifs is 1. The highest BCUT2D eigenvalue weighted by Gasteiger charge is 2.32. The van der Waals surface area contributed by atoms with Crippen LogP contribution in [0.3, 0.4) is 0 Å². The Morgan fingerprint density at radius 2 is 2.05 bits per heavy atom. The molecule has 2 aliphatic rings. The van der Waals surface area contributed by atoms with E-state index in [4.69, 9.17) is 0 Å². The molecule has 0 aliphatic carbocycles. The quantitative estimate of drug-likeness (QED) is 0.885. The van der Waals surface area contributed by atoms with Crippen molar-refractivity contribution in [2.75, 3.05) is 13.1 Å². The van der Waals surface area contributed by atoms with Gasteiger partial charge in [-0.05, 0) is 57.2 Å². The first-order chi connectivity index (χ1) is 9.85. The summed E-state index contributed by atoms with van der Waals surface area (Å²) in [6, 6.07) is 13.2. The molecule has 3 unspecified atom stereocenters. The molecule has 3 rings (SSSR count). The van der Waals surface area contributed by atoms with Crippen molar-refractivity contribution in [2.45, 2.75) is 63.6 Å². The fourth-order valence-electron chi connectivity index (χ4n) is 3.93. The average Bonchev–Trinajstić information content (AvgIpc) is 2.95. The maximum absolute atomic E-state index is 3.94. The minimum absolute atomic E-state index is 0.635. The maximum atomic E-state index is 3.94. The van der Waals surface area contributed by atoms with E-state index in [-0.39, 0.29) is 0 Å². The van der Waals surface area contributed by atoms with Crippen LogP contribution in [-0.2, 0) is 6.42 Å². The molecule has 2 saturated heterocycles. The van der Waals surface area contributed by atoms with E-state index in [1.807, 2.05) is 0 Å². The predicted octanol–water partition coefficient (Wildman–Crippen LogP) is 3.22. The molecule has 110 valence electrons. The maximum Gasteiger partial charge on any atom is 0.0111 e. The van der Waals surface area contributed by atoms with Crippen LogP contribution in [0.15, 0.2) is 30.3 Å². The van der Waals surface area contributed by atoms with Crippen LogP contribution in [0.1, 0.15) is 44.6 Å². The van der Waals surface area contributed by atoms with Crippen molar-refractivity contribution in [2.24, 2.45) is 0 Å². The fourth-order valence-corrected chi connectivity index (χ4v) is 3.93. The summed E-state index contributed by atoms with van der Waals surface area (Å²) in [6.45, 7) is 4.97. The third-order valence-electron chi connectivity index (χ3n) is 5.11. The lowest BCUT2D eigenvalue weighted by molar-refractivity contribution is 0.160. The van der Waals surface area contributed by atoms with E-state index in [2.05, 4.69) is 47.5 Å². The first-order valence-electron chi connectivity index (χ1n) is 8.39. The summed E-state index contributed by atoms with van der Waals surface area (Å²) < 4.78 is 0. The van der Waals surface area contributed by atoms with Crippen molar-refractivity contribution >= 4 is 0 Å². The third-order valence-corrected chi connectivity index (χ3v) is 5.11. The molecule has 0 aromatic heterocycles. The van der Waals surface area contributed by atoms with Gasteiger partial charge in [-0.1, -0.05) is 37.3 Å². The van der Waals surface area contributed by atoms with Crippen molar-refractivity contribution < 1.29 is 0 Å². The number of hydrogen-bond acceptors (Lipinski definition) is 2. The lowest BCUT2D eigenvalue weighted by atomic mass is 9.95. The lowest BCUT2D eigenvalue weighted by Gasteiger charge is -2.37. The first-order valence-corrected chi connectivity index (χ1v) is 8.39. The Balaban J connectivity index is 1.52. The largest absolute Gasteiger partial charge is 0.311 e. The summed E-state index contributed by atoms with van der Waals surface area (Å²) in [6.07, 6.45) is 7.93. The van der Waals surface area contributed by atoms with Gasteiger partial charge < -0.3 is 10.2 Å². The molecule has 2 nitrogen and oxygen atoms in total. The fraction of sp³-hybridized carbons (Fsp3) is 0.667. The van der Waals surface area contributed by atoms with Gasteiger partial charge in [0.05, 0.1) is 0 Å². The van der Waals surface area contributed by atoms with Crippen LogP contribution in [0.25, 0.3) is 0 Å². The average molecular weight is 272 g/mol. The molecule has 0 radical (unpaired) electrons. The van der Waals surface area contributed by atoms with Crippen molar-refractivity contribution in [1.82, 2.24) is 10.2 Å². The number of nitrogens with one attached hydrogen (secondary N) is 1. The van der Waals surface area contributed by atoms with Gasteiger partial charge in [-0.25, -0.2) is 0 Å². The molecule has 0 saturated carbocycles. The topological polar surface area (TPSA) is 15.3 Å². The second-order valence-electron chi connectivity index (χ2n) is 6.51. The Morgan fingerprint density at radius 3 is 2.85 bits per heavy atom. The number of piperidine rings is 1. The minimum atomic E-state index is 0.635. The molecule has 2 heteroatoms. The molecule has 0 bridgehead atoms. The van der Waals surface area contributed by atoms with Gasteiger partial charge in [0, 0.05) is 18.1 Å². The molecular formula is C18H28N2. The van der Waals surface area contributed by atoms with Crippen molar-refractivity contribution in [1.29, 1.82) is 0 Å². The van der Waals surface area contributed by atoms with Crippen LogP contribution in [0.4, 0.5) is 0 Å². The number of benzene rings is 1. The monoisotopic (exact) mass is 272 g/mol. The Labute approximate surface area is 123 Å². The first kappa shape index (κ1) is 14.1. The molecule has 2 fully saturated rings. The number of nitrogens with zero attached hydrogens (tertiary/aromatic N) is 1. The molecule has 1 N–H and O–H groups in total. The van der Waals surface area contributed by atoms with Gasteiger partial charge in [-0.2, -0.15) is 0 Å². The molecular weight excluding hydrogens is 244 g/mol. The van der Waals surface area contributed by atoms with Crippen molar-refractivity contribution in [3.05, 3.63) is 35.9 Å². The zero-order chi connectivity index (χ0) is 13.8. The molecule has 0 spiro atoms. The molecule has 1 aromatic rings. The number of rotatable bonds is 5. The zero-order valence-corrected chi connectivity index (χ0v) is 12.7. The van der Waals surface area contributed by atoms with Gasteiger partial charge in [0.15, 0.2) is 0 Å². The summed E-state index contributed by atoms with van der Waals surface area (Å²) in [4.78, 5) is 2.70. The zero-order valence-electron chi connectivity index (χ0n) is 12.7. The number of hydrogen-bond donors (Lipinski definition) is 1. The molecule has 2 aliphatic heterocycles. The summed E-state index contributed by atoms with van der Waals surface area (Å²) in [5, 5.41) is 3.94. The highest BCUT2D eigenvalue weighted by atomic mass is 15.2. The van der Waals surface area contributed by atoms with Gasteiger partial charge in [-0.15, -0.1) is 0 Å². The Hall–Kier alpha value is -0.860. The molecule has 2 heterocycles. The van der Waals surface area contributed by atoms with Crippen LogP contribution < -0.4 is 5.32 Å². The molecule has 20 heavy (non-hydrogen) atoms. The van der Waals surface area contributed by atoms with Crippen molar-refractivity contribution in [3.8, 4) is 0 Å². The van der Waals surface area contributed by atoms with Crippen molar-refractivity contribution in [3.63, 3.8) is 0 Å². The molecule has 3 atom stereocenters. The van der Waals surface area contributed by atoms with E-state index in [9.17, 15) is 0 Å². The van der Waals surface area contributed by atoms with Crippen LogP contribution in [0.2, 0.25) is 0 Å². The smallest absolute Gasteiger partial charge is 0.0111 e. The normalized spacial score (nSPS) is 28.2. The van der Waals surface area contributed by atoms with Gasteiger partial charge in [0.2, 0.25) is 0 Å². The van der Waals surface area contributed by atoms with E-state index in [1.165, 1.54) is 57.2 Å². The van der Waals surface area contributed by atoms with Crippen LogP contribution in [-0.4, -0.2) is 36.1 Å². The van der Waals surface area contributed by atoms with Gasteiger partial charge in [-0.3, -0.25) is 0 Å². The standard InChI is InChI=1S/C18H28N2/c1-2-16(13-15-7-4-3-5-8-15)19-17-10-12-20-11-6-9-18(20)14-17/h3-5,7-8,16-19H,2,6,9-14H2,1H3. The summed E-state index contributed by atoms with van der Waals surface area (Å²) >= 11 is 0. The Bertz CT molecular complexity index is 403. The van der Waals surface area contributed by atoms with Crippen LogP contribution in [0.5, 0.6) is 0 Å². The van der Waals surface area contributed by atoms with E-state index in [1.54, 1.807) is 0 Å². The van der Waals surface area contributed by atoms with E-state index < -0.39 is 0 Å². The van der Waals surface area contributed by atoms with Crippen LogP contribution >= 0.6 is 0 Å². The summed E-state index contributed by atoms with van der Waals surface area (Å²) in [7, 11) is 0. The van der Waals surface area contributed by atoms with Gasteiger partial charge in [0.1, 0.15) is 0 Å². The highest BCUT2D eigenvalue weighted by Crippen LogP contribution is 2.27.